The molecule has 138 valence electrons. The minimum atomic E-state index is -0.532. The lowest BCUT2D eigenvalue weighted by atomic mass is 10.2. The predicted molar refractivity (Wildman–Crippen MR) is 108 cm³/mol. The number of amides is 3. The second-order valence-corrected chi connectivity index (χ2v) is 7.21. The molecule has 1 aromatic heterocycles. The molecule has 3 N–H and O–H groups in total. The van der Waals surface area contributed by atoms with Crippen LogP contribution in [0.3, 0.4) is 0 Å². The van der Waals surface area contributed by atoms with Gasteiger partial charge in [0.2, 0.25) is 5.91 Å². The molecule has 3 aromatic rings. The van der Waals surface area contributed by atoms with E-state index in [1.165, 1.54) is 23.5 Å². The van der Waals surface area contributed by atoms with Gasteiger partial charge in [-0.1, -0.05) is 34.1 Å². The molecule has 3 amide bonds. The number of hydrogen-bond donors (Lipinski definition) is 3. The number of hydrogen-bond acceptors (Lipinski definition) is 4. The molecular weight excluding hydrogens is 435 g/mol. The highest BCUT2D eigenvalue weighted by atomic mass is 79.9. The highest BCUT2D eigenvalue weighted by Gasteiger charge is 2.12. The van der Waals surface area contributed by atoms with Crippen molar-refractivity contribution in [1.82, 2.24) is 4.98 Å². The van der Waals surface area contributed by atoms with Gasteiger partial charge in [0.1, 0.15) is 5.82 Å². The summed E-state index contributed by atoms with van der Waals surface area (Å²) in [7, 11) is 0. The summed E-state index contributed by atoms with van der Waals surface area (Å²) in [5.74, 6) is -0.933. The van der Waals surface area contributed by atoms with Crippen molar-refractivity contribution >= 4 is 55.7 Å². The predicted octanol–water partition coefficient (Wildman–Crippen LogP) is 4.87. The van der Waals surface area contributed by atoms with E-state index in [0.29, 0.717) is 21.0 Å². The van der Waals surface area contributed by atoms with Crippen molar-refractivity contribution in [3.05, 3.63) is 69.9 Å². The molecule has 2 aromatic carbocycles. The number of carbonyl (C=O) groups excluding carboxylic acids is 2. The van der Waals surface area contributed by atoms with Crippen molar-refractivity contribution in [1.29, 1.82) is 0 Å². The average Bonchev–Trinajstić information content (AvgIpc) is 3.05. The third-order valence-electron chi connectivity index (χ3n) is 3.35. The van der Waals surface area contributed by atoms with Crippen molar-refractivity contribution in [2.24, 2.45) is 0 Å². The molecule has 0 aliphatic heterocycles. The van der Waals surface area contributed by atoms with Crippen LogP contribution >= 0.6 is 27.3 Å². The molecule has 0 spiro atoms. The topological polar surface area (TPSA) is 83.1 Å². The van der Waals surface area contributed by atoms with Crippen LogP contribution in [-0.4, -0.2) is 16.9 Å². The first kappa shape index (κ1) is 19.0. The summed E-state index contributed by atoms with van der Waals surface area (Å²) in [6, 6.07) is 12.9. The van der Waals surface area contributed by atoms with Gasteiger partial charge in [-0.3, -0.25) is 10.1 Å². The molecule has 9 heteroatoms. The number of para-hydroxylation sites is 1. The molecule has 0 unspecified atom stereocenters. The molecule has 0 saturated heterocycles. The van der Waals surface area contributed by atoms with Crippen molar-refractivity contribution in [2.45, 2.75) is 6.42 Å². The standard InChI is InChI=1S/C18H14BrFN4O2S/c19-11-6-7-15(14(20)8-11)23-16(25)9-13-10-27-18(22-13)24-17(26)21-12-4-2-1-3-5-12/h1-8,10H,9H2,(H,23,25)(H2,21,22,24,26). The lowest BCUT2D eigenvalue weighted by Gasteiger charge is -2.06. The molecule has 0 fully saturated rings. The number of nitrogens with zero attached hydrogens (tertiary/aromatic N) is 1. The van der Waals surface area contributed by atoms with Gasteiger partial charge in [-0.05, 0) is 30.3 Å². The highest BCUT2D eigenvalue weighted by Crippen LogP contribution is 2.20. The Morgan fingerprint density at radius 2 is 1.85 bits per heavy atom. The number of benzene rings is 2. The number of nitrogens with one attached hydrogen (secondary N) is 3. The van der Waals surface area contributed by atoms with E-state index in [1.807, 2.05) is 18.2 Å². The molecule has 6 nitrogen and oxygen atoms in total. The summed E-state index contributed by atoms with van der Waals surface area (Å²) in [6.45, 7) is 0. The minimum absolute atomic E-state index is 0.0337. The van der Waals surface area contributed by atoms with E-state index in [4.69, 9.17) is 0 Å². The third kappa shape index (κ3) is 5.60. The summed E-state index contributed by atoms with van der Waals surface area (Å²) < 4.78 is 14.3. The van der Waals surface area contributed by atoms with Crippen molar-refractivity contribution in [3.8, 4) is 0 Å². The zero-order chi connectivity index (χ0) is 19.2. The van der Waals surface area contributed by atoms with E-state index in [2.05, 4.69) is 36.9 Å². The summed E-state index contributed by atoms with van der Waals surface area (Å²) in [5, 5.41) is 9.81. The van der Waals surface area contributed by atoms with Crippen LogP contribution in [-0.2, 0) is 11.2 Å². The fraction of sp³-hybridized carbons (Fsp3) is 0.0556. The second-order valence-electron chi connectivity index (χ2n) is 5.44. The van der Waals surface area contributed by atoms with Crippen LogP contribution < -0.4 is 16.0 Å². The normalized spacial score (nSPS) is 10.3. The van der Waals surface area contributed by atoms with Gasteiger partial charge in [0.05, 0.1) is 17.8 Å². The van der Waals surface area contributed by atoms with E-state index in [0.717, 1.165) is 0 Å². The first-order chi connectivity index (χ1) is 13.0. The lowest BCUT2D eigenvalue weighted by Crippen LogP contribution is -2.19. The van der Waals surface area contributed by atoms with Crippen molar-refractivity contribution in [3.63, 3.8) is 0 Å². The van der Waals surface area contributed by atoms with Crippen molar-refractivity contribution in [2.75, 3.05) is 16.0 Å². The van der Waals surface area contributed by atoms with E-state index in [9.17, 15) is 14.0 Å². The monoisotopic (exact) mass is 448 g/mol. The van der Waals surface area contributed by atoms with Crippen LogP contribution in [0.2, 0.25) is 0 Å². The molecule has 1 heterocycles. The molecule has 27 heavy (non-hydrogen) atoms. The first-order valence-electron chi connectivity index (χ1n) is 7.82. The Bertz CT molecular complexity index is 965. The van der Waals surface area contributed by atoms with Gasteiger partial charge in [0.25, 0.3) is 0 Å². The molecular formula is C18H14BrFN4O2S. The Hall–Kier alpha value is -2.78. The zero-order valence-electron chi connectivity index (χ0n) is 13.8. The van der Waals surface area contributed by atoms with E-state index in [-0.39, 0.29) is 12.1 Å². The maximum atomic E-state index is 13.8. The Balaban J connectivity index is 1.54. The summed E-state index contributed by atoms with van der Waals surface area (Å²) in [4.78, 5) is 28.2. The quantitative estimate of drug-likeness (QED) is 0.520. The maximum Gasteiger partial charge on any atom is 0.325 e. The Morgan fingerprint density at radius 1 is 1.07 bits per heavy atom. The summed E-state index contributed by atoms with van der Waals surface area (Å²) in [6.07, 6.45) is -0.0337. The lowest BCUT2D eigenvalue weighted by molar-refractivity contribution is -0.115. The minimum Gasteiger partial charge on any atom is -0.323 e. The number of thiazole rings is 1. The van der Waals surface area contributed by atoms with Gasteiger partial charge in [-0.2, -0.15) is 0 Å². The SMILES string of the molecule is O=C(Cc1csc(NC(=O)Nc2ccccc2)n1)Nc1ccc(Br)cc1F. The van der Waals surface area contributed by atoms with Crippen LogP contribution in [0, 0.1) is 5.82 Å². The van der Waals surface area contributed by atoms with Gasteiger partial charge < -0.3 is 10.6 Å². The fourth-order valence-corrected chi connectivity index (χ4v) is 3.21. The molecule has 3 rings (SSSR count). The Labute approximate surface area is 167 Å². The van der Waals surface area contributed by atoms with Crippen molar-refractivity contribution < 1.29 is 14.0 Å². The van der Waals surface area contributed by atoms with Crippen LogP contribution in [0.1, 0.15) is 5.69 Å². The number of aromatic nitrogens is 1. The van der Waals surface area contributed by atoms with Gasteiger partial charge in [0, 0.05) is 15.5 Å². The molecule has 0 radical (unpaired) electrons. The zero-order valence-corrected chi connectivity index (χ0v) is 16.2. The van der Waals surface area contributed by atoms with E-state index >= 15 is 0 Å². The van der Waals surface area contributed by atoms with Crippen LogP contribution in [0.15, 0.2) is 58.4 Å². The average molecular weight is 449 g/mol. The summed E-state index contributed by atoms with van der Waals surface area (Å²) in [5.41, 5.74) is 1.23. The van der Waals surface area contributed by atoms with E-state index in [1.54, 1.807) is 23.6 Å². The fourth-order valence-electron chi connectivity index (χ4n) is 2.18. The van der Waals surface area contributed by atoms with Crippen LogP contribution in [0.25, 0.3) is 0 Å². The van der Waals surface area contributed by atoms with Crippen LogP contribution in [0.4, 0.5) is 25.7 Å². The number of anilines is 3. The van der Waals surface area contributed by atoms with Gasteiger partial charge in [-0.25, -0.2) is 14.2 Å². The molecule has 0 aliphatic carbocycles. The Kier molecular flexibility index (Phi) is 6.15. The van der Waals surface area contributed by atoms with Gasteiger partial charge in [-0.15, -0.1) is 11.3 Å². The largest absolute Gasteiger partial charge is 0.325 e. The highest BCUT2D eigenvalue weighted by molar-refractivity contribution is 9.10. The van der Waals surface area contributed by atoms with Gasteiger partial charge >= 0.3 is 6.03 Å². The first-order valence-corrected chi connectivity index (χ1v) is 9.49. The number of urea groups is 1. The Morgan fingerprint density at radius 3 is 2.59 bits per heavy atom. The van der Waals surface area contributed by atoms with E-state index < -0.39 is 17.8 Å². The smallest absolute Gasteiger partial charge is 0.323 e. The maximum absolute atomic E-state index is 13.8. The molecule has 0 saturated carbocycles. The summed E-state index contributed by atoms with van der Waals surface area (Å²) >= 11 is 4.36. The molecule has 0 atom stereocenters. The number of carbonyl (C=O) groups is 2. The number of halogens is 2. The number of rotatable bonds is 5. The van der Waals surface area contributed by atoms with Crippen LogP contribution in [0.5, 0.6) is 0 Å². The third-order valence-corrected chi connectivity index (χ3v) is 4.65. The second kappa shape index (κ2) is 8.74. The molecule has 0 bridgehead atoms. The molecule has 0 aliphatic rings. The van der Waals surface area contributed by atoms with Gasteiger partial charge in [0.15, 0.2) is 5.13 Å².